The molecule has 0 aromatic rings. The zero-order valence-corrected chi connectivity index (χ0v) is 29.1. The third-order valence-electron chi connectivity index (χ3n) is 8.77. The van der Waals surface area contributed by atoms with Crippen LogP contribution in [0.3, 0.4) is 0 Å². The summed E-state index contributed by atoms with van der Waals surface area (Å²) >= 11 is 0. The van der Waals surface area contributed by atoms with E-state index in [1.807, 2.05) is 6.08 Å². The summed E-state index contributed by atoms with van der Waals surface area (Å²) in [6.45, 7) is 3.69. The number of aliphatic hydroxyl groups excluding tert-OH is 5. The van der Waals surface area contributed by atoms with Crippen LogP contribution in [0, 0.1) is 0 Å². The number of carbonyl (C=O) groups is 1. The Morgan fingerprint density at radius 2 is 1.22 bits per heavy atom. The number of ether oxygens (including phenoxy) is 2. The Morgan fingerprint density at radius 3 is 1.76 bits per heavy atom. The van der Waals surface area contributed by atoms with Crippen LogP contribution in [0.2, 0.25) is 0 Å². The van der Waals surface area contributed by atoms with Gasteiger partial charge in [0, 0.05) is 6.42 Å². The van der Waals surface area contributed by atoms with E-state index in [1.165, 1.54) is 70.6 Å². The number of hydrogen-bond acceptors (Lipinski definition) is 8. The fraction of sp³-hybridized carbons (Fsp3) is 0.865. The van der Waals surface area contributed by atoms with Crippen LogP contribution in [0.15, 0.2) is 24.3 Å². The van der Waals surface area contributed by atoms with Crippen molar-refractivity contribution in [2.24, 2.45) is 0 Å². The summed E-state index contributed by atoms with van der Waals surface area (Å²) < 4.78 is 11.1. The lowest BCUT2D eigenvalue weighted by Crippen LogP contribution is -2.60. The van der Waals surface area contributed by atoms with Gasteiger partial charge < -0.3 is 40.3 Å². The number of allylic oxidation sites excluding steroid dienone is 3. The molecule has 9 nitrogen and oxygen atoms in total. The molecule has 0 saturated carbocycles. The third-order valence-corrected chi connectivity index (χ3v) is 8.77. The van der Waals surface area contributed by atoms with Crippen LogP contribution in [0.25, 0.3) is 0 Å². The molecule has 1 amide bonds. The van der Waals surface area contributed by atoms with E-state index in [-0.39, 0.29) is 12.5 Å². The molecular formula is C37H69NO8. The number of unbranched alkanes of at least 4 members (excludes halogenated alkanes) is 17. The lowest BCUT2D eigenvalue weighted by atomic mass is 9.99. The molecule has 1 aliphatic heterocycles. The van der Waals surface area contributed by atoms with E-state index in [4.69, 9.17) is 9.47 Å². The van der Waals surface area contributed by atoms with Crippen molar-refractivity contribution < 1.29 is 39.8 Å². The third kappa shape index (κ3) is 20.1. The smallest absolute Gasteiger partial charge is 0.220 e. The molecule has 0 aliphatic carbocycles. The van der Waals surface area contributed by atoms with Crippen molar-refractivity contribution >= 4 is 5.91 Å². The molecule has 2 unspecified atom stereocenters. The molecule has 46 heavy (non-hydrogen) atoms. The van der Waals surface area contributed by atoms with Gasteiger partial charge in [-0.15, -0.1) is 0 Å². The van der Waals surface area contributed by atoms with E-state index < -0.39 is 49.5 Å². The fourth-order valence-electron chi connectivity index (χ4n) is 5.68. The Bertz CT molecular complexity index is 776. The standard InChI is InChI=1S/C37H69NO8/c1-3-5-7-9-11-13-14-15-16-17-19-21-23-25-27-33(41)38-30(31(40)26-24-22-20-18-12-10-8-6-4-2)29-45-37-36(44)35(43)34(42)32(28-39)46-37/h14-15,24,26,30-32,34-37,39-40,42-44H,3-13,16-23,25,27-29H2,1-2H3,(H,38,41)/b15-14+,26-24+/t30-,31+,32-,34-,35?,36?,37-/m0/s1. The van der Waals surface area contributed by atoms with E-state index in [0.717, 1.165) is 57.8 Å². The lowest BCUT2D eigenvalue weighted by Gasteiger charge is -2.40. The Hall–Kier alpha value is -1.33. The van der Waals surface area contributed by atoms with Gasteiger partial charge in [0.2, 0.25) is 5.91 Å². The van der Waals surface area contributed by atoms with E-state index in [2.05, 4.69) is 31.3 Å². The van der Waals surface area contributed by atoms with Gasteiger partial charge in [0.25, 0.3) is 0 Å². The van der Waals surface area contributed by atoms with E-state index >= 15 is 0 Å². The van der Waals surface area contributed by atoms with Crippen molar-refractivity contribution in [2.75, 3.05) is 13.2 Å². The Balaban J connectivity index is 2.46. The molecule has 1 heterocycles. The second kappa shape index (κ2) is 28.7. The van der Waals surface area contributed by atoms with Gasteiger partial charge in [-0.3, -0.25) is 4.79 Å². The molecule has 270 valence electrons. The highest BCUT2D eigenvalue weighted by molar-refractivity contribution is 5.76. The van der Waals surface area contributed by atoms with Gasteiger partial charge in [-0.2, -0.15) is 0 Å². The molecule has 1 fully saturated rings. The average molecular weight is 656 g/mol. The molecular weight excluding hydrogens is 586 g/mol. The molecule has 1 saturated heterocycles. The summed E-state index contributed by atoms with van der Waals surface area (Å²) in [5, 5.41) is 53.7. The molecule has 9 heteroatoms. The van der Waals surface area contributed by atoms with Gasteiger partial charge in [0.05, 0.1) is 25.4 Å². The van der Waals surface area contributed by atoms with Crippen molar-refractivity contribution in [3.8, 4) is 0 Å². The van der Waals surface area contributed by atoms with E-state index in [0.29, 0.717) is 6.42 Å². The van der Waals surface area contributed by atoms with Crippen molar-refractivity contribution in [1.29, 1.82) is 0 Å². The fourth-order valence-corrected chi connectivity index (χ4v) is 5.68. The second-order valence-corrected chi connectivity index (χ2v) is 13.0. The van der Waals surface area contributed by atoms with E-state index in [1.54, 1.807) is 6.08 Å². The second-order valence-electron chi connectivity index (χ2n) is 13.0. The summed E-state index contributed by atoms with van der Waals surface area (Å²) in [5.41, 5.74) is 0. The largest absolute Gasteiger partial charge is 0.394 e. The van der Waals surface area contributed by atoms with Crippen molar-refractivity contribution in [3.63, 3.8) is 0 Å². The van der Waals surface area contributed by atoms with Gasteiger partial charge in [-0.05, 0) is 44.9 Å². The summed E-state index contributed by atoms with van der Waals surface area (Å²) in [7, 11) is 0. The lowest BCUT2D eigenvalue weighted by molar-refractivity contribution is -0.302. The van der Waals surface area contributed by atoms with Gasteiger partial charge >= 0.3 is 0 Å². The maximum Gasteiger partial charge on any atom is 0.220 e. The number of hydrogen-bond donors (Lipinski definition) is 6. The highest BCUT2D eigenvalue weighted by Gasteiger charge is 2.44. The molecule has 1 aliphatic rings. The first-order chi connectivity index (χ1) is 22.3. The molecule has 0 spiro atoms. The van der Waals surface area contributed by atoms with E-state index in [9.17, 15) is 30.3 Å². The zero-order valence-electron chi connectivity index (χ0n) is 29.1. The van der Waals surface area contributed by atoms with Crippen molar-refractivity contribution in [1.82, 2.24) is 5.32 Å². The number of aliphatic hydroxyl groups is 5. The predicted molar refractivity (Wildman–Crippen MR) is 184 cm³/mol. The van der Waals surface area contributed by atoms with Gasteiger partial charge in [-0.25, -0.2) is 0 Å². The Labute approximate surface area is 279 Å². The summed E-state index contributed by atoms with van der Waals surface area (Å²) in [5.74, 6) is -0.191. The summed E-state index contributed by atoms with van der Waals surface area (Å²) in [4.78, 5) is 12.8. The molecule has 0 bridgehead atoms. The minimum Gasteiger partial charge on any atom is -0.394 e. The number of rotatable bonds is 29. The van der Waals surface area contributed by atoms with Crippen molar-refractivity contribution in [2.45, 2.75) is 192 Å². The minimum absolute atomic E-state index is 0.191. The van der Waals surface area contributed by atoms with Gasteiger partial charge in [-0.1, -0.05) is 122 Å². The number of amides is 1. The highest BCUT2D eigenvalue weighted by atomic mass is 16.7. The molecule has 6 N–H and O–H groups in total. The average Bonchev–Trinajstić information content (AvgIpc) is 3.05. The zero-order chi connectivity index (χ0) is 33.8. The van der Waals surface area contributed by atoms with Crippen LogP contribution >= 0.6 is 0 Å². The van der Waals surface area contributed by atoms with Crippen molar-refractivity contribution in [3.05, 3.63) is 24.3 Å². The maximum atomic E-state index is 12.8. The quantitative estimate of drug-likeness (QED) is 0.0425. The van der Waals surface area contributed by atoms with Gasteiger partial charge in [0.15, 0.2) is 6.29 Å². The molecule has 1 rings (SSSR count). The Morgan fingerprint density at radius 1 is 0.717 bits per heavy atom. The monoisotopic (exact) mass is 656 g/mol. The predicted octanol–water partition coefficient (Wildman–Crippen LogP) is 5.99. The first-order valence-corrected chi connectivity index (χ1v) is 18.6. The number of nitrogens with one attached hydrogen (secondary N) is 1. The molecule has 0 aromatic heterocycles. The van der Waals surface area contributed by atoms with Crippen LogP contribution in [0.4, 0.5) is 0 Å². The normalized spacial score (nSPS) is 23.3. The first kappa shape index (κ1) is 42.7. The van der Waals surface area contributed by atoms with Gasteiger partial charge in [0.1, 0.15) is 24.4 Å². The van der Waals surface area contributed by atoms with Crippen LogP contribution in [-0.4, -0.2) is 87.5 Å². The van der Waals surface area contributed by atoms with Crippen LogP contribution < -0.4 is 5.32 Å². The maximum absolute atomic E-state index is 12.8. The number of carbonyl (C=O) groups excluding carboxylic acids is 1. The van der Waals surface area contributed by atoms with Crippen LogP contribution in [-0.2, 0) is 14.3 Å². The molecule has 0 aromatic carbocycles. The summed E-state index contributed by atoms with van der Waals surface area (Å²) in [6, 6.07) is -0.802. The topological polar surface area (TPSA) is 149 Å². The minimum atomic E-state index is -1.56. The Kier molecular flexibility index (Phi) is 26.6. The van der Waals surface area contributed by atoms with Crippen LogP contribution in [0.5, 0.6) is 0 Å². The first-order valence-electron chi connectivity index (χ1n) is 18.6. The summed E-state index contributed by atoms with van der Waals surface area (Å²) in [6.07, 6.45) is 23.7. The molecule has 0 radical (unpaired) electrons. The van der Waals surface area contributed by atoms with Crippen LogP contribution in [0.1, 0.15) is 149 Å². The highest BCUT2D eigenvalue weighted by Crippen LogP contribution is 2.22. The SMILES string of the molecule is CCCCCCC/C=C/CCCCCCCC(=O)N[C@@H](CO[C@H]1O[C@@H](CO)[C@H](O)C(O)C1O)[C@H](O)/C=C/CCCCCCCCC. The molecule has 7 atom stereocenters.